The average Bonchev–Trinajstić information content (AvgIpc) is 2.15. The van der Waals surface area contributed by atoms with E-state index >= 15 is 0 Å². The molecule has 1 rings (SSSR count). The van der Waals surface area contributed by atoms with Gasteiger partial charge in [-0.25, -0.2) is 0 Å². The van der Waals surface area contributed by atoms with Crippen molar-refractivity contribution in [3.63, 3.8) is 0 Å². The highest BCUT2D eigenvalue weighted by molar-refractivity contribution is 5.26. The first-order valence-corrected chi connectivity index (χ1v) is 3.86. The third-order valence-corrected chi connectivity index (χ3v) is 1.57. The molecule has 1 aromatic carbocycles. The number of rotatable bonds is 4. The Balaban J connectivity index is 2.53. The minimum atomic E-state index is 0.506. The predicted molar refractivity (Wildman–Crippen MR) is 48.0 cm³/mol. The lowest BCUT2D eigenvalue weighted by atomic mass is 10.2. The van der Waals surface area contributed by atoms with Gasteiger partial charge in [0, 0.05) is 6.61 Å². The van der Waals surface area contributed by atoms with Crippen molar-refractivity contribution < 1.29 is 9.47 Å². The summed E-state index contributed by atoms with van der Waals surface area (Å²) in [6.45, 7) is 4.71. The molecule has 12 heavy (non-hydrogen) atoms. The predicted octanol–water partition coefficient (Wildman–Crippen LogP) is 2.05. The van der Waals surface area contributed by atoms with Crippen molar-refractivity contribution in [1.82, 2.24) is 0 Å². The number of ether oxygens (including phenoxy) is 2. The second-order valence-electron chi connectivity index (χ2n) is 2.40. The molecular formula is C10H13O2. The third-order valence-electron chi connectivity index (χ3n) is 1.57. The van der Waals surface area contributed by atoms with E-state index in [1.165, 1.54) is 0 Å². The molecule has 65 valence electrons. The molecule has 0 aliphatic heterocycles. The van der Waals surface area contributed by atoms with Crippen LogP contribution in [0, 0.1) is 6.92 Å². The molecule has 0 unspecified atom stereocenters. The van der Waals surface area contributed by atoms with E-state index in [0.29, 0.717) is 13.2 Å². The molecule has 2 heteroatoms. The molecule has 0 aliphatic rings. The van der Waals surface area contributed by atoms with E-state index in [2.05, 4.69) is 6.92 Å². The van der Waals surface area contributed by atoms with Crippen molar-refractivity contribution in [2.24, 2.45) is 0 Å². The summed E-state index contributed by atoms with van der Waals surface area (Å²) >= 11 is 0. The Kier molecular flexibility index (Phi) is 3.61. The Hall–Kier alpha value is -1.02. The molecule has 0 fully saturated rings. The Morgan fingerprint density at radius 2 is 1.92 bits per heavy atom. The highest BCUT2D eigenvalue weighted by Gasteiger charge is 1.92. The quantitative estimate of drug-likeness (QED) is 0.679. The Morgan fingerprint density at radius 3 is 2.42 bits per heavy atom. The first-order chi connectivity index (χ1) is 5.86. The zero-order valence-electron chi connectivity index (χ0n) is 7.25. The molecule has 0 N–H and O–H groups in total. The molecule has 2 nitrogen and oxygen atoms in total. The number of hydrogen-bond acceptors (Lipinski definition) is 2. The maximum Gasteiger partial charge on any atom is 0.118 e. The van der Waals surface area contributed by atoms with E-state index < -0.39 is 0 Å². The maximum absolute atomic E-state index is 5.14. The van der Waals surface area contributed by atoms with Gasteiger partial charge in [-0.1, -0.05) is 12.1 Å². The fraction of sp³-hybridized carbons (Fsp3) is 0.300. The number of benzene rings is 1. The molecule has 0 saturated heterocycles. The van der Waals surface area contributed by atoms with E-state index in [-0.39, 0.29) is 0 Å². The van der Waals surface area contributed by atoms with Crippen molar-refractivity contribution in [2.45, 2.75) is 6.61 Å². The SMILES string of the molecule is [CH2]COCc1ccc(OC)cc1. The lowest BCUT2D eigenvalue weighted by Crippen LogP contribution is -1.91. The molecule has 0 saturated carbocycles. The van der Waals surface area contributed by atoms with E-state index in [0.717, 1.165) is 11.3 Å². The van der Waals surface area contributed by atoms with Gasteiger partial charge in [0.15, 0.2) is 0 Å². The first-order valence-electron chi connectivity index (χ1n) is 3.86. The van der Waals surface area contributed by atoms with Crippen LogP contribution in [0.15, 0.2) is 24.3 Å². The van der Waals surface area contributed by atoms with Crippen molar-refractivity contribution in [3.8, 4) is 5.75 Å². The Morgan fingerprint density at radius 1 is 1.25 bits per heavy atom. The van der Waals surface area contributed by atoms with Gasteiger partial charge in [0.25, 0.3) is 0 Å². The van der Waals surface area contributed by atoms with Crippen LogP contribution in [0.2, 0.25) is 0 Å². The van der Waals surface area contributed by atoms with Gasteiger partial charge in [-0.2, -0.15) is 0 Å². The van der Waals surface area contributed by atoms with Crippen LogP contribution in [0.25, 0.3) is 0 Å². The van der Waals surface area contributed by atoms with E-state index in [9.17, 15) is 0 Å². The molecule has 0 amide bonds. The highest BCUT2D eigenvalue weighted by Crippen LogP contribution is 2.11. The van der Waals surface area contributed by atoms with Crippen molar-refractivity contribution in [3.05, 3.63) is 36.8 Å². The van der Waals surface area contributed by atoms with Crippen LogP contribution in [0.3, 0.4) is 0 Å². The van der Waals surface area contributed by atoms with Gasteiger partial charge in [-0.3, -0.25) is 0 Å². The van der Waals surface area contributed by atoms with Crippen molar-refractivity contribution in [2.75, 3.05) is 13.7 Å². The highest BCUT2D eigenvalue weighted by atomic mass is 16.5. The van der Waals surface area contributed by atoms with Crippen LogP contribution >= 0.6 is 0 Å². The second-order valence-corrected chi connectivity index (χ2v) is 2.40. The molecular weight excluding hydrogens is 152 g/mol. The van der Waals surface area contributed by atoms with Crippen molar-refractivity contribution >= 4 is 0 Å². The van der Waals surface area contributed by atoms with Crippen LogP contribution in [0.1, 0.15) is 5.56 Å². The summed E-state index contributed by atoms with van der Waals surface area (Å²) < 4.78 is 10.2. The van der Waals surface area contributed by atoms with Crippen LogP contribution in [0.4, 0.5) is 0 Å². The minimum Gasteiger partial charge on any atom is -0.497 e. The summed E-state index contributed by atoms with van der Waals surface area (Å²) in [5, 5.41) is 0. The van der Waals surface area contributed by atoms with Gasteiger partial charge in [-0.05, 0) is 24.6 Å². The Bertz CT molecular complexity index is 216. The number of methoxy groups -OCH3 is 1. The zero-order chi connectivity index (χ0) is 8.81. The fourth-order valence-electron chi connectivity index (χ4n) is 0.912. The van der Waals surface area contributed by atoms with Crippen LogP contribution in [-0.2, 0) is 11.3 Å². The lowest BCUT2D eigenvalue weighted by Gasteiger charge is -2.02. The van der Waals surface area contributed by atoms with E-state index in [1.54, 1.807) is 7.11 Å². The molecule has 0 heterocycles. The summed E-state index contributed by atoms with van der Waals surface area (Å²) in [6.07, 6.45) is 0. The fourth-order valence-corrected chi connectivity index (χ4v) is 0.912. The summed E-state index contributed by atoms with van der Waals surface area (Å²) in [4.78, 5) is 0. The average molecular weight is 165 g/mol. The standard InChI is InChI=1S/C10H13O2/c1-3-12-8-9-4-6-10(11-2)7-5-9/h4-7H,1,3,8H2,2H3. The van der Waals surface area contributed by atoms with Gasteiger partial charge in [0.05, 0.1) is 13.7 Å². The van der Waals surface area contributed by atoms with Crippen LogP contribution in [-0.4, -0.2) is 13.7 Å². The molecule has 0 aliphatic carbocycles. The van der Waals surface area contributed by atoms with E-state index in [4.69, 9.17) is 9.47 Å². The molecule has 1 radical (unpaired) electrons. The minimum absolute atomic E-state index is 0.506. The summed E-state index contributed by atoms with van der Waals surface area (Å²) in [7, 11) is 1.65. The lowest BCUT2D eigenvalue weighted by molar-refractivity contribution is 0.147. The van der Waals surface area contributed by atoms with Gasteiger partial charge in [0.1, 0.15) is 5.75 Å². The topological polar surface area (TPSA) is 18.5 Å². The van der Waals surface area contributed by atoms with Crippen LogP contribution < -0.4 is 4.74 Å². The largest absolute Gasteiger partial charge is 0.497 e. The maximum atomic E-state index is 5.14. The van der Waals surface area contributed by atoms with Gasteiger partial charge < -0.3 is 9.47 Å². The summed E-state index contributed by atoms with van der Waals surface area (Å²) in [5.74, 6) is 0.869. The van der Waals surface area contributed by atoms with Crippen molar-refractivity contribution in [1.29, 1.82) is 0 Å². The van der Waals surface area contributed by atoms with Gasteiger partial charge in [-0.15, -0.1) is 0 Å². The third kappa shape index (κ3) is 2.55. The number of hydrogen-bond donors (Lipinski definition) is 0. The monoisotopic (exact) mass is 165 g/mol. The van der Waals surface area contributed by atoms with E-state index in [1.807, 2.05) is 24.3 Å². The second kappa shape index (κ2) is 4.78. The van der Waals surface area contributed by atoms with Crippen LogP contribution in [0.5, 0.6) is 5.75 Å². The Labute approximate surface area is 73.1 Å². The first kappa shape index (κ1) is 9.07. The molecule has 0 bridgehead atoms. The van der Waals surface area contributed by atoms with Gasteiger partial charge in [0.2, 0.25) is 0 Å². The smallest absolute Gasteiger partial charge is 0.118 e. The summed E-state index contributed by atoms with van der Waals surface area (Å²) in [6, 6.07) is 7.80. The van der Waals surface area contributed by atoms with Gasteiger partial charge >= 0.3 is 0 Å². The zero-order valence-corrected chi connectivity index (χ0v) is 7.25. The molecule has 1 aromatic rings. The molecule has 0 aromatic heterocycles. The normalized spacial score (nSPS) is 9.83. The molecule has 0 spiro atoms. The summed E-state index contributed by atoms with van der Waals surface area (Å²) in [5.41, 5.74) is 1.14. The molecule has 0 atom stereocenters.